The summed E-state index contributed by atoms with van der Waals surface area (Å²) in [5.41, 5.74) is 6.07. The fourth-order valence-corrected chi connectivity index (χ4v) is 3.48. The van der Waals surface area contributed by atoms with Gasteiger partial charge in [0.1, 0.15) is 17.8 Å². The molecule has 0 atom stereocenters. The van der Waals surface area contributed by atoms with Gasteiger partial charge >= 0.3 is 0 Å². The van der Waals surface area contributed by atoms with Crippen LogP contribution in [0.1, 0.15) is 32.7 Å². The molecule has 1 amide bonds. The first-order valence-corrected chi connectivity index (χ1v) is 9.12. The Bertz CT molecular complexity index is 999. The molecule has 5 heteroatoms. The number of benzene rings is 2. The van der Waals surface area contributed by atoms with Gasteiger partial charge in [-0.3, -0.25) is 4.79 Å². The van der Waals surface area contributed by atoms with Gasteiger partial charge in [-0.2, -0.15) is 0 Å². The number of amides is 1. The molecule has 2 heterocycles. The maximum absolute atomic E-state index is 12.7. The summed E-state index contributed by atoms with van der Waals surface area (Å²) < 4.78 is 0. The summed E-state index contributed by atoms with van der Waals surface area (Å²) in [7, 11) is 0. The summed E-state index contributed by atoms with van der Waals surface area (Å²) in [5, 5.41) is 2.95. The molecule has 0 aliphatic carbocycles. The van der Waals surface area contributed by atoms with Crippen LogP contribution in [0.4, 0.5) is 11.5 Å². The Morgan fingerprint density at radius 2 is 1.85 bits per heavy atom. The molecule has 4 rings (SSSR count). The largest absolute Gasteiger partial charge is 0.352 e. The minimum atomic E-state index is -0.219. The molecule has 5 nitrogen and oxygen atoms in total. The lowest BCUT2D eigenvalue weighted by molar-refractivity contribution is 0.102. The van der Waals surface area contributed by atoms with Crippen LogP contribution in [0.2, 0.25) is 0 Å². The minimum absolute atomic E-state index is 0.219. The molecule has 1 aliphatic heterocycles. The van der Waals surface area contributed by atoms with E-state index in [9.17, 15) is 4.79 Å². The Labute approximate surface area is 159 Å². The smallest absolute Gasteiger partial charge is 0.274 e. The third-order valence-corrected chi connectivity index (χ3v) is 4.97. The second-order valence-electron chi connectivity index (χ2n) is 6.97. The van der Waals surface area contributed by atoms with E-state index < -0.39 is 0 Å². The maximum Gasteiger partial charge on any atom is 0.274 e. The molecular weight excluding hydrogens is 336 g/mol. The summed E-state index contributed by atoms with van der Waals surface area (Å²) >= 11 is 0. The number of rotatable bonds is 3. The summed E-state index contributed by atoms with van der Waals surface area (Å²) in [6.07, 6.45) is 2.44. The van der Waals surface area contributed by atoms with Crippen LogP contribution in [0.5, 0.6) is 0 Å². The lowest BCUT2D eigenvalue weighted by Crippen LogP contribution is -2.31. The van der Waals surface area contributed by atoms with Gasteiger partial charge in [0.25, 0.3) is 5.91 Å². The van der Waals surface area contributed by atoms with Crippen molar-refractivity contribution in [3.63, 3.8) is 0 Å². The number of nitrogens with zero attached hydrogens (tertiary/aromatic N) is 3. The molecule has 0 bridgehead atoms. The van der Waals surface area contributed by atoms with E-state index in [0.717, 1.165) is 36.6 Å². The standard InChI is InChI=1S/C22H22N4O/c1-15-7-8-19(16(2)11-15)25-22(27)20-12-21(24-14-23-20)26-10-9-17-5-3-4-6-18(17)13-26/h3-8,11-12,14H,9-10,13H2,1-2H3,(H,25,27). The van der Waals surface area contributed by atoms with Crippen LogP contribution in [0.15, 0.2) is 54.9 Å². The molecule has 2 aromatic carbocycles. The lowest BCUT2D eigenvalue weighted by Gasteiger charge is -2.29. The van der Waals surface area contributed by atoms with Crippen molar-refractivity contribution >= 4 is 17.4 Å². The van der Waals surface area contributed by atoms with E-state index in [2.05, 4.69) is 44.5 Å². The van der Waals surface area contributed by atoms with Crippen molar-refractivity contribution in [2.24, 2.45) is 0 Å². The topological polar surface area (TPSA) is 58.1 Å². The molecule has 0 fully saturated rings. The van der Waals surface area contributed by atoms with Gasteiger partial charge in [0.2, 0.25) is 0 Å². The van der Waals surface area contributed by atoms with Crippen LogP contribution < -0.4 is 10.2 Å². The molecule has 0 unspecified atom stereocenters. The van der Waals surface area contributed by atoms with E-state index in [0.29, 0.717) is 5.69 Å². The highest BCUT2D eigenvalue weighted by Crippen LogP contribution is 2.23. The molecule has 0 saturated heterocycles. The highest BCUT2D eigenvalue weighted by Gasteiger charge is 2.19. The van der Waals surface area contributed by atoms with Crippen LogP contribution in [0, 0.1) is 13.8 Å². The summed E-state index contributed by atoms with van der Waals surface area (Å²) in [4.78, 5) is 23.4. The fourth-order valence-electron chi connectivity index (χ4n) is 3.48. The second-order valence-corrected chi connectivity index (χ2v) is 6.97. The first-order chi connectivity index (χ1) is 13.1. The average Bonchev–Trinajstić information content (AvgIpc) is 2.70. The van der Waals surface area contributed by atoms with Gasteiger partial charge in [-0.25, -0.2) is 9.97 Å². The van der Waals surface area contributed by atoms with Gasteiger partial charge in [0.05, 0.1) is 0 Å². The van der Waals surface area contributed by atoms with Crippen LogP contribution in [0.25, 0.3) is 0 Å². The third kappa shape index (κ3) is 3.67. The molecule has 1 aliphatic rings. The molecule has 27 heavy (non-hydrogen) atoms. The van der Waals surface area contributed by atoms with Crippen molar-refractivity contribution in [1.82, 2.24) is 9.97 Å². The van der Waals surface area contributed by atoms with Gasteiger partial charge in [-0.15, -0.1) is 0 Å². The summed E-state index contributed by atoms with van der Waals surface area (Å²) in [6, 6.07) is 16.2. The molecule has 0 spiro atoms. The molecule has 0 radical (unpaired) electrons. The summed E-state index contributed by atoms with van der Waals surface area (Å²) in [5.74, 6) is 0.563. The van der Waals surface area contributed by atoms with E-state index in [-0.39, 0.29) is 5.91 Å². The Kier molecular flexibility index (Phi) is 4.59. The van der Waals surface area contributed by atoms with Gasteiger partial charge in [-0.1, -0.05) is 42.0 Å². The zero-order chi connectivity index (χ0) is 18.8. The number of aryl methyl sites for hydroxylation is 2. The first-order valence-electron chi connectivity index (χ1n) is 9.12. The van der Waals surface area contributed by atoms with Gasteiger partial charge in [0, 0.05) is 24.8 Å². The highest BCUT2D eigenvalue weighted by molar-refractivity contribution is 6.03. The Hall–Kier alpha value is -3.21. The van der Waals surface area contributed by atoms with E-state index in [4.69, 9.17) is 0 Å². The van der Waals surface area contributed by atoms with Crippen LogP contribution in [0.3, 0.4) is 0 Å². The number of hydrogen-bond acceptors (Lipinski definition) is 4. The molecule has 1 aromatic heterocycles. The predicted molar refractivity (Wildman–Crippen MR) is 107 cm³/mol. The Balaban J connectivity index is 1.53. The lowest BCUT2D eigenvalue weighted by atomic mass is 10.00. The molecular formula is C22H22N4O. The monoisotopic (exact) mass is 358 g/mol. The number of anilines is 2. The number of hydrogen-bond donors (Lipinski definition) is 1. The zero-order valence-electron chi connectivity index (χ0n) is 15.6. The SMILES string of the molecule is Cc1ccc(NC(=O)c2cc(N3CCc4ccccc4C3)ncn2)c(C)c1. The van der Waals surface area contributed by atoms with Crippen LogP contribution >= 0.6 is 0 Å². The van der Waals surface area contributed by atoms with Gasteiger partial charge in [-0.05, 0) is 43.0 Å². The number of carbonyl (C=O) groups is 1. The molecule has 136 valence electrons. The zero-order valence-corrected chi connectivity index (χ0v) is 15.6. The van der Waals surface area contributed by atoms with Crippen molar-refractivity contribution in [3.05, 3.63) is 82.8 Å². The normalized spacial score (nSPS) is 13.2. The van der Waals surface area contributed by atoms with Crippen molar-refractivity contribution < 1.29 is 4.79 Å². The minimum Gasteiger partial charge on any atom is -0.352 e. The van der Waals surface area contributed by atoms with Crippen molar-refractivity contribution in [3.8, 4) is 0 Å². The molecule has 1 N–H and O–H groups in total. The van der Waals surface area contributed by atoms with E-state index in [1.54, 1.807) is 6.07 Å². The van der Waals surface area contributed by atoms with Crippen LogP contribution in [-0.2, 0) is 13.0 Å². The highest BCUT2D eigenvalue weighted by atomic mass is 16.1. The average molecular weight is 358 g/mol. The van der Waals surface area contributed by atoms with Gasteiger partial charge in [0.15, 0.2) is 0 Å². The van der Waals surface area contributed by atoms with E-state index in [1.165, 1.54) is 23.0 Å². The van der Waals surface area contributed by atoms with Gasteiger partial charge < -0.3 is 10.2 Å². The second kappa shape index (κ2) is 7.19. The van der Waals surface area contributed by atoms with E-state index in [1.807, 2.05) is 32.0 Å². The number of fused-ring (bicyclic) bond motifs is 1. The first kappa shape index (κ1) is 17.2. The predicted octanol–water partition coefficient (Wildman–Crippen LogP) is 3.91. The fraction of sp³-hybridized carbons (Fsp3) is 0.227. The molecule has 0 saturated carbocycles. The Morgan fingerprint density at radius 1 is 1.04 bits per heavy atom. The molecule has 3 aromatic rings. The summed E-state index contributed by atoms with van der Waals surface area (Å²) in [6.45, 7) is 5.70. The van der Waals surface area contributed by atoms with Crippen molar-refractivity contribution in [2.45, 2.75) is 26.8 Å². The number of aromatic nitrogens is 2. The van der Waals surface area contributed by atoms with Crippen LogP contribution in [-0.4, -0.2) is 22.4 Å². The third-order valence-electron chi connectivity index (χ3n) is 4.97. The Morgan fingerprint density at radius 3 is 2.67 bits per heavy atom. The van der Waals surface area contributed by atoms with Crippen molar-refractivity contribution in [2.75, 3.05) is 16.8 Å². The van der Waals surface area contributed by atoms with E-state index >= 15 is 0 Å². The quantitative estimate of drug-likeness (QED) is 0.771. The maximum atomic E-state index is 12.7. The number of carbonyl (C=O) groups excluding carboxylic acids is 1. The van der Waals surface area contributed by atoms with Crippen molar-refractivity contribution in [1.29, 1.82) is 0 Å². The number of nitrogens with one attached hydrogen (secondary N) is 1.